The summed E-state index contributed by atoms with van der Waals surface area (Å²) in [5.41, 5.74) is 3.36. The van der Waals surface area contributed by atoms with E-state index in [1.807, 2.05) is 12.1 Å². The second kappa shape index (κ2) is 4.48. The van der Waals surface area contributed by atoms with Crippen LogP contribution in [0.2, 0.25) is 5.15 Å². The van der Waals surface area contributed by atoms with Gasteiger partial charge in [-0.1, -0.05) is 23.7 Å². The van der Waals surface area contributed by atoms with Gasteiger partial charge in [-0.15, -0.1) is 0 Å². The molecule has 1 N–H and O–H groups in total. The Labute approximate surface area is 114 Å². The maximum atomic E-state index is 11.1. The number of para-hydroxylation sites is 1. The summed E-state index contributed by atoms with van der Waals surface area (Å²) >= 11 is 5.75. The number of carboxylic acid groups (broad SMARTS) is 1. The molecule has 2 heterocycles. The van der Waals surface area contributed by atoms with E-state index in [0.717, 1.165) is 16.8 Å². The molecule has 19 heavy (non-hydrogen) atoms. The summed E-state index contributed by atoms with van der Waals surface area (Å²) in [5.74, 6) is -0.962. The van der Waals surface area contributed by atoms with Gasteiger partial charge in [-0.2, -0.15) is 0 Å². The zero-order chi connectivity index (χ0) is 13.4. The molecule has 0 saturated heterocycles. The Kier molecular flexibility index (Phi) is 2.80. The maximum Gasteiger partial charge on any atom is 0.337 e. The van der Waals surface area contributed by atoms with Gasteiger partial charge in [0.05, 0.1) is 17.0 Å². The lowest BCUT2D eigenvalue weighted by molar-refractivity contribution is 0.0698. The lowest BCUT2D eigenvalue weighted by Gasteiger charge is -2.00. The van der Waals surface area contributed by atoms with Crippen molar-refractivity contribution in [1.29, 1.82) is 0 Å². The van der Waals surface area contributed by atoms with Crippen LogP contribution in [-0.2, 0) is 6.42 Å². The number of aromatic nitrogens is 1. The Morgan fingerprint density at radius 1 is 1.26 bits per heavy atom. The van der Waals surface area contributed by atoms with Gasteiger partial charge in [0, 0.05) is 18.2 Å². The molecule has 0 atom stereocenters. The van der Waals surface area contributed by atoms with E-state index in [0.29, 0.717) is 17.3 Å². The highest BCUT2D eigenvalue weighted by Crippen LogP contribution is 2.32. The van der Waals surface area contributed by atoms with Crippen LogP contribution in [-0.4, -0.2) is 21.8 Å². The first-order chi connectivity index (χ1) is 9.15. The lowest BCUT2D eigenvalue weighted by Crippen LogP contribution is -2.00. The fourth-order valence-corrected chi connectivity index (χ4v) is 2.22. The second-order valence-electron chi connectivity index (χ2n) is 4.22. The topological polar surface area (TPSA) is 62.5 Å². The normalized spacial score (nSPS) is 13.0. The molecule has 0 spiro atoms. The molecule has 94 valence electrons. The van der Waals surface area contributed by atoms with Crippen molar-refractivity contribution in [2.24, 2.45) is 4.99 Å². The van der Waals surface area contributed by atoms with Crippen molar-refractivity contribution in [3.8, 4) is 0 Å². The average molecular weight is 273 g/mol. The fraction of sp³-hybridized carbons (Fsp3) is 0.0714. The van der Waals surface area contributed by atoms with Crippen molar-refractivity contribution in [3.05, 3.63) is 58.4 Å². The molecular formula is C14H9ClN2O2. The minimum Gasteiger partial charge on any atom is -0.478 e. The minimum absolute atomic E-state index is 0.231. The van der Waals surface area contributed by atoms with E-state index in [9.17, 15) is 4.79 Å². The number of benzene rings is 1. The van der Waals surface area contributed by atoms with Gasteiger partial charge in [0.2, 0.25) is 0 Å². The van der Waals surface area contributed by atoms with Gasteiger partial charge in [-0.3, -0.25) is 4.99 Å². The highest BCUT2D eigenvalue weighted by atomic mass is 35.5. The molecule has 1 aromatic carbocycles. The Morgan fingerprint density at radius 2 is 2.11 bits per heavy atom. The maximum absolute atomic E-state index is 11.1. The molecule has 2 aromatic rings. The quantitative estimate of drug-likeness (QED) is 0.855. The van der Waals surface area contributed by atoms with Crippen LogP contribution in [0.3, 0.4) is 0 Å². The molecule has 1 aromatic heterocycles. The predicted octanol–water partition coefficient (Wildman–Crippen LogP) is 3.11. The Hall–Kier alpha value is -2.20. The van der Waals surface area contributed by atoms with Crippen molar-refractivity contribution < 1.29 is 9.90 Å². The third-order valence-corrected chi connectivity index (χ3v) is 3.24. The van der Waals surface area contributed by atoms with Crippen LogP contribution in [0.25, 0.3) is 0 Å². The van der Waals surface area contributed by atoms with E-state index >= 15 is 0 Å². The molecule has 4 nitrogen and oxygen atoms in total. The molecule has 3 rings (SSSR count). The number of rotatable bonds is 2. The number of aromatic carboxylic acids is 1. The number of carbonyl (C=O) groups is 1. The zero-order valence-electron chi connectivity index (χ0n) is 9.80. The molecule has 1 aliphatic heterocycles. The zero-order valence-corrected chi connectivity index (χ0v) is 10.6. The largest absolute Gasteiger partial charge is 0.478 e. The number of hydrogen-bond donors (Lipinski definition) is 1. The highest BCUT2D eigenvalue weighted by molar-refractivity contribution is 6.29. The first-order valence-electron chi connectivity index (χ1n) is 5.70. The van der Waals surface area contributed by atoms with Gasteiger partial charge in [-0.05, 0) is 23.8 Å². The molecule has 0 saturated carbocycles. The van der Waals surface area contributed by atoms with Crippen molar-refractivity contribution in [3.63, 3.8) is 0 Å². The Morgan fingerprint density at radius 3 is 2.79 bits per heavy atom. The number of pyridine rings is 1. The van der Waals surface area contributed by atoms with Crippen LogP contribution in [0.4, 0.5) is 5.69 Å². The van der Waals surface area contributed by atoms with Crippen LogP contribution >= 0.6 is 11.6 Å². The van der Waals surface area contributed by atoms with Gasteiger partial charge < -0.3 is 5.11 Å². The van der Waals surface area contributed by atoms with Crippen molar-refractivity contribution in [2.75, 3.05) is 0 Å². The average Bonchev–Trinajstić information content (AvgIpc) is 2.82. The molecule has 1 aliphatic rings. The number of nitrogens with zero attached hydrogens (tertiary/aromatic N) is 2. The van der Waals surface area contributed by atoms with Crippen molar-refractivity contribution in [2.45, 2.75) is 6.42 Å². The lowest BCUT2D eigenvalue weighted by atomic mass is 10.0. The third kappa shape index (κ3) is 2.11. The SMILES string of the molecule is O=C(O)c1cccc2c1N=C(c1ccc(Cl)nc1)C2. The predicted molar refractivity (Wildman–Crippen MR) is 72.5 cm³/mol. The summed E-state index contributed by atoms with van der Waals surface area (Å²) in [5, 5.41) is 9.57. The van der Waals surface area contributed by atoms with Gasteiger partial charge in [-0.25, -0.2) is 9.78 Å². The van der Waals surface area contributed by atoms with E-state index in [4.69, 9.17) is 16.7 Å². The molecule has 0 unspecified atom stereocenters. The number of hydrogen-bond acceptors (Lipinski definition) is 3. The van der Waals surface area contributed by atoms with Gasteiger partial charge >= 0.3 is 5.97 Å². The van der Waals surface area contributed by atoms with Gasteiger partial charge in [0.25, 0.3) is 0 Å². The first-order valence-corrected chi connectivity index (χ1v) is 6.07. The van der Waals surface area contributed by atoms with E-state index in [2.05, 4.69) is 9.98 Å². The monoisotopic (exact) mass is 272 g/mol. The summed E-state index contributed by atoms with van der Waals surface area (Å²) in [4.78, 5) is 19.6. The molecule has 0 aliphatic carbocycles. The summed E-state index contributed by atoms with van der Waals surface area (Å²) in [6.07, 6.45) is 2.26. The van der Waals surface area contributed by atoms with Crippen molar-refractivity contribution in [1.82, 2.24) is 4.98 Å². The molecule has 0 bridgehead atoms. The summed E-state index contributed by atoms with van der Waals surface area (Å²) in [6, 6.07) is 8.72. The molecular weight excluding hydrogens is 264 g/mol. The smallest absolute Gasteiger partial charge is 0.337 e. The van der Waals surface area contributed by atoms with Crippen LogP contribution in [0.5, 0.6) is 0 Å². The molecule has 0 radical (unpaired) electrons. The van der Waals surface area contributed by atoms with E-state index < -0.39 is 5.97 Å². The van der Waals surface area contributed by atoms with Crippen LogP contribution < -0.4 is 0 Å². The standard InChI is InChI=1S/C14H9ClN2O2/c15-12-5-4-9(7-16-12)11-6-8-2-1-3-10(14(18)19)13(8)17-11/h1-5,7H,6H2,(H,18,19). The van der Waals surface area contributed by atoms with E-state index in [-0.39, 0.29) is 5.56 Å². The Balaban J connectivity index is 2.05. The first kappa shape index (κ1) is 11.9. The number of halogens is 1. The van der Waals surface area contributed by atoms with Gasteiger partial charge in [0.1, 0.15) is 5.15 Å². The van der Waals surface area contributed by atoms with E-state index in [1.165, 1.54) is 0 Å². The van der Waals surface area contributed by atoms with Crippen LogP contribution in [0.15, 0.2) is 41.5 Å². The minimum atomic E-state index is -0.962. The summed E-state index contributed by atoms with van der Waals surface area (Å²) < 4.78 is 0. The van der Waals surface area contributed by atoms with Gasteiger partial charge in [0.15, 0.2) is 0 Å². The third-order valence-electron chi connectivity index (χ3n) is 3.02. The number of aliphatic imine (C=N–C) groups is 1. The van der Waals surface area contributed by atoms with Crippen LogP contribution in [0, 0.1) is 0 Å². The summed E-state index contributed by atoms with van der Waals surface area (Å²) in [6.45, 7) is 0. The number of carboxylic acids is 1. The number of fused-ring (bicyclic) bond motifs is 1. The van der Waals surface area contributed by atoms with E-state index in [1.54, 1.807) is 24.4 Å². The summed E-state index contributed by atoms with van der Waals surface area (Å²) in [7, 11) is 0. The molecule has 0 amide bonds. The highest BCUT2D eigenvalue weighted by Gasteiger charge is 2.21. The van der Waals surface area contributed by atoms with Crippen LogP contribution in [0.1, 0.15) is 21.5 Å². The second-order valence-corrected chi connectivity index (χ2v) is 4.61. The fourth-order valence-electron chi connectivity index (χ4n) is 2.11. The van der Waals surface area contributed by atoms with Crippen molar-refractivity contribution >= 4 is 29.0 Å². The Bertz CT molecular complexity index is 693. The molecule has 0 fully saturated rings. The molecule has 5 heteroatoms.